The molecule has 4 rings (SSSR count). The van der Waals surface area contributed by atoms with E-state index in [9.17, 15) is 71.9 Å². The Morgan fingerprint density at radius 2 is 0.537 bits per heavy atom. The summed E-state index contributed by atoms with van der Waals surface area (Å²) >= 11 is 0. The molecule has 0 saturated heterocycles. The van der Waals surface area contributed by atoms with Crippen molar-refractivity contribution >= 4 is 88.5 Å². The van der Waals surface area contributed by atoms with E-state index >= 15 is 0 Å². The number of benzene rings is 4. The van der Waals surface area contributed by atoms with Crippen molar-refractivity contribution in [3.05, 3.63) is 144 Å². The number of hydrogen-bond donors (Lipinski definition) is 10. The second-order valence-corrected chi connectivity index (χ2v) is 43.7. The summed E-state index contributed by atoms with van der Waals surface area (Å²) in [6.07, 6.45) is 20.2. The molecule has 149 heavy (non-hydrogen) atoms. The molecule has 0 saturated carbocycles. The summed E-state index contributed by atoms with van der Waals surface area (Å²) in [6, 6.07) is 35.2. The minimum atomic E-state index is -0.629. The van der Waals surface area contributed by atoms with Crippen LogP contribution < -0.4 is 54.0 Å². The molecule has 7 atom stereocenters. The summed E-state index contributed by atoms with van der Waals surface area (Å²) in [6.45, 7) is 29.6. The van der Waals surface area contributed by atoms with Gasteiger partial charge in [-0.3, -0.25) is 71.9 Å². The Morgan fingerprint density at radius 3 is 0.859 bits per heavy atom. The van der Waals surface area contributed by atoms with Crippen LogP contribution in [0.1, 0.15) is 332 Å². The van der Waals surface area contributed by atoms with Gasteiger partial charge in [0.15, 0.2) is 5.78 Å². The highest BCUT2D eigenvalue weighted by Crippen LogP contribution is 2.21. The van der Waals surface area contributed by atoms with Crippen LogP contribution >= 0.6 is 0 Å². The molecule has 31 nitrogen and oxygen atoms in total. The number of hydrogen-bond acceptors (Lipinski definition) is 17. The number of Topliss-reactive ketones (excluding diaryl/α,β-unsaturated/α-hetero) is 1. The summed E-state index contributed by atoms with van der Waals surface area (Å²) in [4.78, 5) is 218. The zero-order valence-corrected chi connectivity index (χ0v) is 93.6. The summed E-state index contributed by atoms with van der Waals surface area (Å²) in [5.74, 6) is -3.94. The molecule has 0 aliphatic carbocycles. The van der Waals surface area contributed by atoms with E-state index < -0.39 is 65.9 Å². The molecule has 0 bridgehead atoms. The predicted octanol–water partition coefficient (Wildman–Crippen LogP) is 14.4. The molecule has 31 heteroatoms. The van der Waals surface area contributed by atoms with Crippen molar-refractivity contribution in [2.75, 3.05) is 98.2 Å². The number of unbranched alkanes of at least 4 members (excludes halogenated alkanes) is 13. The first-order chi connectivity index (χ1) is 71.2. The van der Waals surface area contributed by atoms with Crippen molar-refractivity contribution in [3.8, 4) is 0 Å². The van der Waals surface area contributed by atoms with Crippen molar-refractivity contribution in [1.82, 2.24) is 71.9 Å². The van der Waals surface area contributed by atoms with Crippen molar-refractivity contribution in [2.24, 2.45) is 47.0 Å². The van der Waals surface area contributed by atoms with Gasteiger partial charge in [-0.05, 0) is 154 Å². The lowest BCUT2D eigenvalue weighted by atomic mass is 10.0. The van der Waals surface area contributed by atoms with Gasteiger partial charge in [0.2, 0.25) is 82.7 Å². The highest BCUT2D eigenvalue weighted by molar-refractivity contribution is 5.91. The molecule has 0 spiro atoms. The number of aryl methyl sites for hydroxylation is 2. The first-order valence-electron chi connectivity index (χ1n) is 56.3. The second kappa shape index (κ2) is 76.5. The van der Waals surface area contributed by atoms with Crippen LogP contribution in [-0.2, 0) is 97.6 Å². The van der Waals surface area contributed by atoms with E-state index in [-0.39, 0.29) is 230 Å². The maximum absolute atomic E-state index is 14.4. The number of amides is 14. The average Bonchev–Trinajstić information content (AvgIpc) is 0.865. The monoisotopic (exact) mass is 2070 g/mol. The molecule has 0 aromatic heterocycles. The minimum absolute atomic E-state index is 0.00560. The Morgan fingerprint density at radius 1 is 0.262 bits per heavy atom. The van der Waals surface area contributed by atoms with Crippen molar-refractivity contribution in [3.63, 3.8) is 0 Å². The van der Waals surface area contributed by atoms with E-state index in [1.54, 1.807) is 6.92 Å². The summed E-state index contributed by atoms with van der Waals surface area (Å²) < 4.78 is 0. The first kappa shape index (κ1) is 130. The van der Waals surface area contributed by atoms with Crippen LogP contribution in [-0.4, -0.2) is 258 Å². The van der Waals surface area contributed by atoms with Gasteiger partial charge in [0.25, 0.3) is 0 Å². The predicted molar refractivity (Wildman–Crippen MR) is 593 cm³/mol. The molecule has 12 N–H and O–H groups in total. The molecule has 4 aromatic carbocycles. The van der Waals surface area contributed by atoms with Crippen LogP contribution in [0.15, 0.2) is 121 Å². The molecular weight excluding hydrogens is 1880 g/mol. The third-order valence-corrected chi connectivity index (χ3v) is 26.2. The topological polar surface area (TPSA) is 424 Å². The highest BCUT2D eigenvalue weighted by atomic mass is 16.2. The van der Waals surface area contributed by atoms with Crippen LogP contribution in [0.5, 0.6) is 0 Å². The first-order valence-corrected chi connectivity index (χ1v) is 56.3. The molecule has 0 aliphatic rings. The van der Waals surface area contributed by atoms with Gasteiger partial charge in [0.05, 0.1) is 45.3 Å². The van der Waals surface area contributed by atoms with Gasteiger partial charge in [-0.2, -0.15) is 0 Å². The van der Waals surface area contributed by atoms with E-state index in [1.165, 1.54) is 29.4 Å². The average molecular weight is 2070 g/mol. The molecule has 0 heterocycles. The third-order valence-electron chi connectivity index (χ3n) is 26.2. The van der Waals surface area contributed by atoms with Gasteiger partial charge in [0, 0.05) is 153 Å². The normalized spacial score (nSPS) is 12.8. The number of rotatable bonds is 82. The van der Waals surface area contributed by atoms with Crippen LogP contribution in [0.25, 0.3) is 0 Å². The van der Waals surface area contributed by atoms with Crippen LogP contribution in [0.4, 0.5) is 0 Å². The van der Waals surface area contributed by atoms with Gasteiger partial charge in [-0.1, -0.05) is 302 Å². The van der Waals surface area contributed by atoms with Gasteiger partial charge in [-0.15, -0.1) is 0 Å². The van der Waals surface area contributed by atoms with Gasteiger partial charge in [0.1, 0.15) is 0 Å². The standard InChI is InChI=1S/C118H192N16O15/c1-16-19-31-55-99(124-109(140)83-129(75-97(119)73-95-51-37-29-38-52-95)113(144)62-60-93-47-33-27-34-48-93)77-131(115(146)69-89(8)9)85-111(142)126-101(67-87(4)5)79-133(117(148)71-91(12)13)81-107(138)122-64-44-25-21-23-41-58-105(136)121-66-46-43-57-103(104(135)18-3)128-106(137)59-42-24-22-26-45-65-123-108(139)82-134(118(149)72-92(14)15)80-102(68-88(6)7)127-112(143)86-132(116(147)70-90(10)11)78-100(56-32-20-17-2)125-110(141)84-130(76-98(120)74-96-53-39-30-40-54-96)114(145)63-61-94-49-35-28-36-50-94/h27-30,33-40,47-54,87-92,97-103H,16-26,31-32,41-46,55-86,119-120H2,1-15H3,(H,121,136)(H,122,138)(H,123,139)(H,124,140)(H,125,141)(H,126,142)(H,127,143)(H,128,137)/t97-,98-,99-,100-,101-,102-,103-/m0/s1. The Balaban J connectivity index is 1.20. The Bertz CT molecular complexity index is 4530. The van der Waals surface area contributed by atoms with Crippen molar-refractivity contribution < 1.29 is 71.9 Å². The molecule has 0 aliphatic heterocycles. The quantitative estimate of drug-likeness (QED) is 0.0184. The molecule has 4 aromatic rings. The summed E-state index contributed by atoms with van der Waals surface area (Å²) in [7, 11) is 0. The van der Waals surface area contributed by atoms with Gasteiger partial charge in [-0.25, -0.2) is 0 Å². The lowest BCUT2D eigenvalue weighted by Crippen LogP contribution is -2.54. The number of carbonyl (C=O) groups excluding carboxylic acids is 15. The SMILES string of the molecule is CCCCC[C@@H](CN(CC(=O)N[C@@H](CC(C)C)CN(CC(=O)NCCCCCCCC(=O)NCCCC[C@H](NC(=O)CCCCCCCNC(=O)CN(C[C@H](CC(C)C)NC(=O)CN(C[C@H](CCCCC)NC(=O)CN(C[C@@H](N)Cc1ccccc1)C(=O)CCc1ccccc1)C(=O)CC(C)C)C(=O)CC(C)C)C(=O)CC)C(=O)CC(C)C)C(=O)CC(C)C)NC(=O)CN(C[C@@H](N)Cc1ccccc1)C(=O)CCc1ccccc1. The maximum Gasteiger partial charge on any atom is 0.239 e. The fourth-order valence-electron chi connectivity index (χ4n) is 18.5. The van der Waals surface area contributed by atoms with Gasteiger partial charge >= 0.3 is 0 Å². The number of nitrogens with one attached hydrogen (secondary N) is 8. The fraction of sp³-hybridized carbons (Fsp3) is 0.669. The number of carbonyl (C=O) groups is 15. The largest absolute Gasteiger partial charge is 0.356 e. The van der Waals surface area contributed by atoms with Crippen LogP contribution in [0, 0.1) is 35.5 Å². The smallest absolute Gasteiger partial charge is 0.239 e. The Kier molecular flexibility index (Phi) is 67.0. The zero-order chi connectivity index (χ0) is 110. The van der Waals surface area contributed by atoms with E-state index in [0.29, 0.717) is 122 Å². The van der Waals surface area contributed by atoms with E-state index in [4.69, 9.17) is 11.5 Å². The van der Waals surface area contributed by atoms with Crippen LogP contribution in [0.3, 0.4) is 0 Å². The molecule has 0 radical (unpaired) electrons. The zero-order valence-electron chi connectivity index (χ0n) is 93.6. The third kappa shape index (κ3) is 61.8. The molecule has 14 amide bonds. The minimum Gasteiger partial charge on any atom is -0.356 e. The lowest BCUT2D eigenvalue weighted by Gasteiger charge is -2.32. The Hall–Kier alpha value is -11.0. The van der Waals surface area contributed by atoms with Crippen molar-refractivity contribution in [2.45, 2.75) is 377 Å². The maximum atomic E-state index is 14.4. The lowest BCUT2D eigenvalue weighted by molar-refractivity contribution is -0.139. The number of ketones is 1. The number of nitrogens with zero attached hydrogens (tertiary/aromatic N) is 6. The molecule has 0 fully saturated rings. The Labute approximate surface area is 893 Å². The molecule has 834 valence electrons. The highest BCUT2D eigenvalue weighted by Gasteiger charge is 2.34. The van der Waals surface area contributed by atoms with E-state index in [0.717, 1.165) is 99.3 Å². The summed E-state index contributed by atoms with van der Waals surface area (Å²) in [5, 5.41) is 24.5. The molecule has 0 unspecified atom stereocenters. The fourth-order valence-corrected chi connectivity index (χ4v) is 18.5. The molecular formula is C118H192N16O15. The number of nitrogens with two attached hydrogens (primary N) is 2. The second-order valence-electron chi connectivity index (χ2n) is 43.7. The van der Waals surface area contributed by atoms with Crippen LogP contribution in [0.2, 0.25) is 0 Å². The van der Waals surface area contributed by atoms with Gasteiger partial charge < -0.3 is 83.4 Å². The summed E-state index contributed by atoms with van der Waals surface area (Å²) in [5.41, 5.74) is 17.4. The van der Waals surface area contributed by atoms with Crippen molar-refractivity contribution in [1.29, 1.82) is 0 Å². The van der Waals surface area contributed by atoms with E-state index in [2.05, 4.69) is 56.4 Å². The van der Waals surface area contributed by atoms with E-state index in [1.807, 2.05) is 204 Å².